The molecule has 0 saturated heterocycles. The van der Waals surface area contributed by atoms with Crippen LogP contribution in [0.5, 0.6) is 0 Å². The van der Waals surface area contributed by atoms with Crippen molar-refractivity contribution in [3.63, 3.8) is 0 Å². The van der Waals surface area contributed by atoms with Crippen LogP contribution in [-0.2, 0) is 60.6 Å². The summed E-state index contributed by atoms with van der Waals surface area (Å²) < 4.78 is 49.5. The quantitative estimate of drug-likeness (QED) is 0.189. The van der Waals surface area contributed by atoms with Crippen LogP contribution in [0.25, 0.3) is 0 Å². The van der Waals surface area contributed by atoms with Gasteiger partial charge < -0.3 is 38.6 Å². The summed E-state index contributed by atoms with van der Waals surface area (Å²) in [5.41, 5.74) is 2.16. The number of halogens is 1. The van der Waals surface area contributed by atoms with Crippen molar-refractivity contribution in [2.75, 3.05) is 14.2 Å². The Kier molecular flexibility index (Phi) is 12.2. The van der Waals surface area contributed by atoms with Crippen molar-refractivity contribution in [3.05, 3.63) is 106 Å². The van der Waals surface area contributed by atoms with E-state index < -0.39 is 29.5 Å². The molecule has 230 valence electrons. The van der Waals surface area contributed by atoms with Crippen molar-refractivity contribution in [2.24, 2.45) is 0 Å². The van der Waals surface area contributed by atoms with Gasteiger partial charge in [-0.05, 0) is 56.5 Å². The van der Waals surface area contributed by atoms with Crippen LogP contribution in [0, 0.1) is 5.82 Å². The van der Waals surface area contributed by atoms with Crippen molar-refractivity contribution in [1.82, 2.24) is 0 Å². The molecule has 0 aliphatic rings. The Labute approximate surface area is 247 Å². The predicted octanol–water partition coefficient (Wildman–Crippen LogP) is 5.91. The van der Waals surface area contributed by atoms with Crippen molar-refractivity contribution in [1.29, 1.82) is 0 Å². The Bertz CT molecular complexity index is 1190. The van der Waals surface area contributed by atoms with E-state index in [9.17, 15) is 10.2 Å². The topological polar surface area (TPSA) is 95.8 Å². The zero-order chi connectivity index (χ0) is 30.8. The summed E-state index contributed by atoms with van der Waals surface area (Å²) in [6.07, 6.45) is -1.40. The van der Waals surface area contributed by atoms with E-state index in [1.54, 1.807) is 27.7 Å². The van der Waals surface area contributed by atoms with Gasteiger partial charge in [0, 0.05) is 25.3 Å². The zero-order valence-corrected chi connectivity index (χ0v) is 25.3. The van der Waals surface area contributed by atoms with Crippen molar-refractivity contribution >= 4 is 0 Å². The maximum absolute atomic E-state index is 15.3. The van der Waals surface area contributed by atoms with Crippen LogP contribution in [0.3, 0.4) is 0 Å². The van der Waals surface area contributed by atoms with Gasteiger partial charge in [0.15, 0.2) is 23.7 Å². The van der Waals surface area contributed by atoms with Gasteiger partial charge in [-0.1, -0.05) is 60.7 Å². The Morgan fingerprint density at radius 1 is 0.667 bits per heavy atom. The molecular weight excluding hydrogens is 543 g/mol. The maximum atomic E-state index is 15.3. The lowest BCUT2D eigenvalue weighted by Gasteiger charge is -2.31. The van der Waals surface area contributed by atoms with E-state index in [2.05, 4.69) is 0 Å². The standard InChI is InChI=1S/C33H43FO8/c1-31(2,37-5)41-22-26-18-29(34)27(23-42-32(3,4)38-6)17-28(26)33(35,36)19-30(39-20-24-13-9-7-10-14-24)40-21-25-15-11-8-12-16-25/h7-18,30,35-36H,19-23H2,1-6H3. The summed E-state index contributed by atoms with van der Waals surface area (Å²) in [6, 6.07) is 21.6. The van der Waals surface area contributed by atoms with E-state index in [1.807, 2.05) is 60.7 Å². The third-order valence-corrected chi connectivity index (χ3v) is 6.85. The lowest BCUT2D eigenvalue weighted by molar-refractivity contribution is -0.247. The SMILES string of the molecule is COC(C)(C)OCc1cc(C(O)(O)CC(OCc2ccccc2)OCc2ccccc2)c(COC(C)(C)OC)cc1F. The first kappa shape index (κ1) is 33.8. The molecule has 8 nitrogen and oxygen atoms in total. The fourth-order valence-electron chi connectivity index (χ4n) is 3.92. The van der Waals surface area contributed by atoms with Gasteiger partial charge in [-0.3, -0.25) is 0 Å². The maximum Gasteiger partial charge on any atom is 0.195 e. The van der Waals surface area contributed by atoms with Crippen LogP contribution in [0.2, 0.25) is 0 Å². The summed E-state index contributed by atoms with van der Waals surface area (Å²) in [7, 11) is 2.97. The molecule has 42 heavy (non-hydrogen) atoms. The summed E-state index contributed by atoms with van der Waals surface area (Å²) in [5.74, 6) is -5.06. The third kappa shape index (κ3) is 10.5. The number of aliphatic hydroxyl groups is 2. The van der Waals surface area contributed by atoms with Crippen LogP contribution in [0.1, 0.15) is 61.9 Å². The second kappa shape index (κ2) is 15.1. The number of methoxy groups -OCH3 is 2. The first-order chi connectivity index (χ1) is 19.8. The van der Waals surface area contributed by atoms with E-state index in [1.165, 1.54) is 26.4 Å². The smallest absolute Gasteiger partial charge is 0.195 e. The molecule has 3 aromatic rings. The average molecular weight is 587 g/mol. The van der Waals surface area contributed by atoms with Gasteiger partial charge in [-0.15, -0.1) is 0 Å². The summed E-state index contributed by atoms with van der Waals surface area (Å²) >= 11 is 0. The van der Waals surface area contributed by atoms with E-state index in [4.69, 9.17) is 28.4 Å². The van der Waals surface area contributed by atoms with Crippen LogP contribution in [0.4, 0.5) is 4.39 Å². The minimum Gasteiger partial charge on any atom is -0.362 e. The molecule has 3 aromatic carbocycles. The number of rotatable bonds is 17. The number of hydrogen-bond donors (Lipinski definition) is 2. The van der Waals surface area contributed by atoms with Gasteiger partial charge in [0.25, 0.3) is 0 Å². The van der Waals surface area contributed by atoms with Gasteiger partial charge in [0.2, 0.25) is 0 Å². The Morgan fingerprint density at radius 2 is 1.12 bits per heavy atom. The molecule has 0 atom stereocenters. The molecule has 0 saturated carbocycles. The number of hydrogen-bond acceptors (Lipinski definition) is 8. The lowest BCUT2D eigenvalue weighted by Crippen LogP contribution is -2.35. The highest BCUT2D eigenvalue weighted by atomic mass is 19.1. The van der Waals surface area contributed by atoms with E-state index >= 15 is 4.39 Å². The van der Waals surface area contributed by atoms with E-state index in [0.29, 0.717) is 0 Å². The Hall–Kier alpha value is -2.73. The molecule has 9 heteroatoms. The fraction of sp³-hybridized carbons (Fsp3) is 0.455. The molecule has 0 heterocycles. The number of benzene rings is 3. The van der Waals surface area contributed by atoms with Gasteiger partial charge in [-0.2, -0.15) is 0 Å². The summed E-state index contributed by atoms with van der Waals surface area (Å²) in [5, 5.41) is 23.1. The number of ether oxygens (including phenoxy) is 6. The summed E-state index contributed by atoms with van der Waals surface area (Å²) in [4.78, 5) is 0. The highest BCUT2D eigenvalue weighted by Crippen LogP contribution is 2.33. The van der Waals surface area contributed by atoms with Crippen LogP contribution < -0.4 is 0 Å². The molecule has 0 fully saturated rings. The fourth-order valence-corrected chi connectivity index (χ4v) is 3.92. The van der Waals surface area contributed by atoms with Gasteiger partial charge >= 0.3 is 0 Å². The molecule has 0 aromatic heterocycles. The molecular formula is C33H43FO8. The van der Waals surface area contributed by atoms with Gasteiger partial charge in [-0.25, -0.2) is 4.39 Å². The van der Waals surface area contributed by atoms with Gasteiger partial charge in [0.05, 0.1) is 32.8 Å². The first-order valence-corrected chi connectivity index (χ1v) is 13.8. The Morgan fingerprint density at radius 3 is 1.57 bits per heavy atom. The highest BCUT2D eigenvalue weighted by Gasteiger charge is 2.35. The normalized spacial score (nSPS) is 12.7. The largest absolute Gasteiger partial charge is 0.362 e. The second-order valence-corrected chi connectivity index (χ2v) is 10.9. The van der Waals surface area contributed by atoms with Gasteiger partial charge in [0.1, 0.15) is 5.82 Å². The molecule has 3 rings (SSSR count). The molecule has 0 aliphatic heterocycles. The second-order valence-electron chi connectivity index (χ2n) is 10.9. The molecule has 0 radical (unpaired) electrons. The molecule has 0 aliphatic carbocycles. The van der Waals surface area contributed by atoms with Crippen LogP contribution >= 0.6 is 0 Å². The minimum atomic E-state index is -2.49. The molecule has 2 N–H and O–H groups in total. The Balaban J connectivity index is 1.92. The first-order valence-electron chi connectivity index (χ1n) is 13.8. The zero-order valence-electron chi connectivity index (χ0n) is 25.3. The minimum absolute atomic E-state index is 0.0289. The third-order valence-electron chi connectivity index (χ3n) is 6.85. The van der Waals surface area contributed by atoms with Crippen LogP contribution in [0.15, 0.2) is 72.8 Å². The summed E-state index contributed by atoms with van der Waals surface area (Å²) in [6.45, 7) is 6.85. The molecule has 0 bridgehead atoms. The van der Waals surface area contributed by atoms with Crippen LogP contribution in [-0.4, -0.2) is 42.3 Å². The lowest BCUT2D eigenvalue weighted by atomic mass is 9.94. The molecule has 0 amide bonds. The predicted molar refractivity (Wildman–Crippen MR) is 155 cm³/mol. The van der Waals surface area contributed by atoms with E-state index in [-0.39, 0.29) is 49.5 Å². The van der Waals surface area contributed by atoms with Crippen molar-refractivity contribution in [3.8, 4) is 0 Å². The van der Waals surface area contributed by atoms with E-state index in [0.717, 1.165) is 11.1 Å². The monoisotopic (exact) mass is 586 g/mol. The molecule has 0 spiro atoms. The molecule has 0 unspecified atom stereocenters. The average Bonchev–Trinajstić information content (AvgIpc) is 2.97. The van der Waals surface area contributed by atoms with Crippen molar-refractivity contribution in [2.45, 2.75) is 84.2 Å². The highest BCUT2D eigenvalue weighted by molar-refractivity contribution is 5.36. The van der Waals surface area contributed by atoms with Crippen molar-refractivity contribution < 1.29 is 43.0 Å².